The highest BCUT2D eigenvalue weighted by Crippen LogP contribution is 2.43. The minimum atomic E-state index is -0.540. The number of Topliss-reactive ketones (excluding diaryl/α,β-unsaturated/α-hetero) is 1. The maximum absolute atomic E-state index is 12.8. The summed E-state index contributed by atoms with van der Waals surface area (Å²) >= 11 is 2.26. The Morgan fingerprint density at radius 2 is 2.08 bits per heavy atom. The summed E-state index contributed by atoms with van der Waals surface area (Å²) in [5, 5.41) is 0. The third-order valence-electron chi connectivity index (χ3n) is 4.65. The summed E-state index contributed by atoms with van der Waals surface area (Å²) in [5.74, 6) is -1.03. The van der Waals surface area contributed by atoms with Crippen LogP contribution in [0.5, 0.6) is 0 Å². The molecule has 1 aromatic carbocycles. The molecule has 1 heterocycles. The zero-order valence-electron chi connectivity index (χ0n) is 14.7. The van der Waals surface area contributed by atoms with E-state index in [-0.39, 0.29) is 23.8 Å². The minimum Gasteiger partial charge on any atom is -0.462 e. The normalized spacial score (nSPS) is 23.4. The Morgan fingerprint density at radius 1 is 1.32 bits per heavy atom. The van der Waals surface area contributed by atoms with Crippen molar-refractivity contribution in [2.75, 3.05) is 0 Å². The van der Waals surface area contributed by atoms with Crippen molar-refractivity contribution < 1.29 is 14.3 Å². The van der Waals surface area contributed by atoms with Gasteiger partial charge in [0.25, 0.3) is 0 Å². The van der Waals surface area contributed by atoms with Crippen molar-refractivity contribution in [3.63, 3.8) is 0 Å². The molecule has 5 heteroatoms. The summed E-state index contributed by atoms with van der Waals surface area (Å²) in [6.45, 7) is 5.55. The summed E-state index contributed by atoms with van der Waals surface area (Å²) in [5.41, 5.74) is 3.29. The zero-order chi connectivity index (χ0) is 18.1. The number of halogens is 1. The molecule has 0 saturated heterocycles. The number of benzene rings is 1. The molecule has 0 amide bonds. The molecule has 2 atom stereocenters. The third-order valence-corrected chi connectivity index (χ3v) is 5.32. The average Bonchev–Trinajstić information content (AvgIpc) is 2.53. The second-order valence-electron chi connectivity index (χ2n) is 6.89. The van der Waals surface area contributed by atoms with Crippen LogP contribution in [0.4, 0.5) is 0 Å². The summed E-state index contributed by atoms with van der Waals surface area (Å²) in [6, 6.07) is 8.02. The fourth-order valence-electron chi connectivity index (χ4n) is 3.68. The number of aliphatic imine (C=N–C) groups is 1. The van der Waals surface area contributed by atoms with E-state index in [1.54, 1.807) is 0 Å². The molecule has 3 rings (SSSR count). The van der Waals surface area contributed by atoms with E-state index >= 15 is 0 Å². The molecule has 0 radical (unpaired) electrons. The van der Waals surface area contributed by atoms with Crippen molar-refractivity contribution in [3.05, 3.63) is 44.7 Å². The lowest BCUT2D eigenvalue weighted by atomic mass is 9.72. The molecule has 0 bridgehead atoms. The van der Waals surface area contributed by atoms with Gasteiger partial charge in [0.2, 0.25) is 0 Å². The average molecular weight is 451 g/mol. The highest BCUT2D eigenvalue weighted by atomic mass is 127. The van der Waals surface area contributed by atoms with Crippen molar-refractivity contribution in [3.8, 4) is 0 Å². The van der Waals surface area contributed by atoms with Crippen molar-refractivity contribution in [1.29, 1.82) is 0 Å². The molecule has 132 valence electrons. The largest absolute Gasteiger partial charge is 0.462 e. The van der Waals surface area contributed by atoms with Crippen molar-refractivity contribution in [2.45, 2.75) is 52.1 Å². The summed E-state index contributed by atoms with van der Waals surface area (Å²) in [4.78, 5) is 30.2. The van der Waals surface area contributed by atoms with Crippen LogP contribution in [0.1, 0.15) is 51.5 Å². The van der Waals surface area contributed by atoms with Crippen LogP contribution in [-0.2, 0) is 14.3 Å². The lowest BCUT2D eigenvalue weighted by Gasteiger charge is -2.34. The molecule has 0 saturated carbocycles. The van der Waals surface area contributed by atoms with Gasteiger partial charge in [-0.15, -0.1) is 0 Å². The first kappa shape index (κ1) is 18.3. The van der Waals surface area contributed by atoms with E-state index in [1.165, 1.54) is 0 Å². The Labute approximate surface area is 161 Å². The van der Waals surface area contributed by atoms with Gasteiger partial charge in [0.15, 0.2) is 5.78 Å². The number of ether oxygens (including phenoxy) is 1. The Balaban J connectivity index is 2.14. The summed E-state index contributed by atoms with van der Waals surface area (Å²) < 4.78 is 6.58. The van der Waals surface area contributed by atoms with E-state index in [1.807, 2.05) is 45.0 Å². The summed E-state index contributed by atoms with van der Waals surface area (Å²) in [6.07, 6.45) is 1.95. The van der Waals surface area contributed by atoms with Crippen molar-refractivity contribution in [2.24, 2.45) is 10.9 Å². The smallest absolute Gasteiger partial charge is 0.315 e. The Bertz CT molecular complexity index is 779. The van der Waals surface area contributed by atoms with Crippen LogP contribution in [0.15, 0.2) is 40.5 Å². The van der Waals surface area contributed by atoms with Crippen molar-refractivity contribution in [1.82, 2.24) is 0 Å². The maximum Gasteiger partial charge on any atom is 0.315 e. The Kier molecular flexibility index (Phi) is 5.41. The molecule has 1 unspecified atom stereocenters. The highest BCUT2D eigenvalue weighted by molar-refractivity contribution is 14.1. The molecule has 4 nitrogen and oxygen atoms in total. The molecule has 1 aromatic rings. The van der Waals surface area contributed by atoms with Crippen LogP contribution in [0.3, 0.4) is 0 Å². The van der Waals surface area contributed by atoms with Crippen LogP contribution >= 0.6 is 22.6 Å². The van der Waals surface area contributed by atoms with E-state index in [4.69, 9.17) is 4.74 Å². The van der Waals surface area contributed by atoms with Gasteiger partial charge in [-0.25, -0.2) is 0 Å². The van der Waals surface area contributed by atoms with Gasteiger partial charge in [-0.1, -0.05) is 12.1 Å². The van der Waals surface area contributed by atoms with Crippen LogP contribution in [0.2, 0.25) is 0 Å². The number of carbonyl (C=O) groups excluding carboxylic acids is 2. The zero-order valence-corrected chi connectivity index (χ0v) is 16.9. The third kappa shape index (κ3) is 3.71. The van der Waals surface area contributed by atoms with E-state index in [2.05, 4.69) is 27.6 Å². The van der Waals surface area contributed by atoms with Gasteiger partial charge in [-0.05, 0) is 73.9 Å². The van der Waals surface area contributed by atoms with Gasteiger partial charge < -0.3 is 4.74 Å². The van der Waals surface area contributed by atoms with Gasteiger partial charge in [0.05, 0.1) is 6.10 Å². The Hall–Kier alpha value is -1.50. The molecule has 0 aromatic heterocycles. The molecular formula is C20H22INO3. The van der Waals surface area contributed by atoms with Crippen LogP contribution in [0.25, 0.3) is 0 Å². The van der Waals surface area contributed by atoms with E-state index < -0.39 is 5.92 Å². The number of carbonyl (C=O) groups is 2. The molecule has 0 spiro atoms. The number of esters is 1. The molecule has 25 heavy (non-hydrogen) atoms. The SMILES string of the molecule is CC1=NC2=C(C(=O)CCC2)[C@@H](c2cccc(I)c2)C1C(=O)OC(C)C. The first-order valence-electron chi connectivity index (χ1n) is 8.66. The monoisotopic (exact) mass is 451 g/mol. The number of nitrogens with zero attached hydrogens (tertiary/aromatic N) is 1. The second kappa shape index (κ2) is 7.40. The first-order valence-corrected chi connectivity index (χ1v) is 9.73. The van der Waals surface area contributed by atoms with Gasteiger partial charge in [0.1, 0.15) is 5.92 Å². The number of allylic oxidation sites excluding steroid dienone is 2. The van der Waals surface area contributed by atoms with Gasteiger partial charge in [-0.2, -0.15) is 0 Å². The number of ketones is 1. The van der Waals surface area contributed by atoms with Crippen molar-refractivity contribution >= 4 is 40.1 Å². The maximum atomic E-state index is 12.8. The van der Waals surface area contributed by atoms with Gasteiger partial charge in [0, 0.05) is 32.9 Å². The predicted octanol–water partition coefficient (Wildman–Crippen LogP) is 4.42. The Morgan fingerprint density at radius 3 is 2.76 bits per heavy atom. The van der Waals surface area contributed by atoms with E-state index in [0.717, 1.165) is 33.4 Å². The highest BCUT2D eigenvalue weighted by Gasteiger charge is 2.43. The quantitative estimate of drug-likeness (QED) is 0.505. The molecule has 1 aliphatic carbocycles. The number of hydrogen-bond acceptors (Lipinski definition) is 4. The predicted molar refractivity (Wildman–Crippen MR) is 106 cm³/mol. The molecule has 2 aliphatic rings. The first-order chi connectivity index (χ1) is 11.9. The fraction of sp³-hybridized carbons (Fsp3) is 0.450. The minimum absolute atomic E-state index is 0.115. The molecule has 0 N–H and O–H groups in total. The number of hydrogen-bond donors (Lipinski definition) is 0. The topological polar surface area (TPSA) is 55.7 Å². The number of rotatable bonds is 3. The van der Waals surface area contributed by atoms with E-state index in [0.29, 0.717) is 12.0 Å². The van der Waals surface area contributed by atoms with E-state index in [9.17, 15) is 9.59 Å². The second-order valence-corrected chi connectivity index (χ2v) is 8.13. The standard InChI is InChI=1S/C20H22INO3/c1-11(2)25-20(24)17-12(3)22-15-8-5-9-16(23)19(15)18(17)13-6-4-7-14(21)10-13/h4,6-7,10-11,17-18H,5,8-9H2,1-3H3/t17?,18-/m0/s1. The van der Waals surface area contributed by atoms with Gasteiger partial charge in [-0.3, -0.25) is 14.6 Å². The lowest BCUT2D eigenvalue weighted by Crippen LogP contribution is -2.38. The lowest BCUT2D eigenvalue weighted by molar-refractivity contribution is -0.150. The van der Waals surface area contributed by atoms with Crippen LogP contribution < -0.4 is 0 Å². The molecular weight excluding hydrogens is 429 g/mol. The summed E-state index contributed by atoms with van der Waals surface area (Å²) in [7, 11) is 0. The molecule has 0 fully saturated rings. The fourth-order valence-corrected chi connectivity index (χ4v) is 4.24. The molecule has 1 aliphatic heterocycles. The van der Waals surface area contributed by atoms with Crippen LogP contribution in [-0.4, -0.2) is 23.6 Å². The van der Waals surface area contributed by atoms with Gasteiger partial charge >= 0.3 is 5.97 Å². The van der Waals surface area contributed by atoms with Crippen LogP contribution in [0, 0.1) is 9.49 Å².